The molecule has 0 spiro atoms. The van der Waals surface area contributed by atoms with Crippen molar-refractivity contribution in [3.05, 3.63) is 29.8 Å². The summed E-state index contributed by atoms with van der Waals surface area (Å²) in [7, 11) is -3.35. The second-order valence-corrected chi connectivity index (χ2v) is 11.0. The number of hydrogen-bond donors (Lipinski definition) is 2. The number of sulfonamides is 1. The van der Waals surface area contributed by atoms with Crippen LogP contribution in [0.3, 0.4) is 0 Å². The smallest absolute Gasteiger partial charge is 0.227 e. The van der Waals surface area contributed by atoms with E-state index in [1.54, 1.807) is 20.8 Å². The second kappa shape index (κ2) is 9.20. The molecule has 152 valence electrons. The van der Waals surface area contributed by atoms with Crippen LogP contribution in [0, 0.1) is 5.92 Å². The highest BCUT2D eigenvalue weighted by Crippen LogP contribution is 2.27. The fourth-order valence-electron chi connectivity index (χ4n) is 3.25. The highest BCUT2D eigenvalue weighted by atomic mass is 32.2. The summed E-state index contributed by atoms with van der Waals surface area (Å²) in [4.78, 5) is 12.5. The first kappa shape index (κ1) is 21.9. The second-order valence-electron chi connectivity index (χ2n) is 8.57. The summed E-state index contributed by atoms with van der Waals surface area (Å²) < 4.78 is 26.6. The highest BCUT2D eigenvalue weighted by molar-refractivity contribution is 7.90. The Morgan fingerprint density at radius 1 is 1.07 bits per heavy atom. The third-order valence-corrected chi connectivity index (χ3v) is 7.52. The van der Waals surface area contributed by atoms with Gasteiger partial charge in [0.1, 0.15) is 0 Å². The Bertz CT molecular complexity index is 713. The minimum atomic E-state index is -3.35. The lowest BCUT2D eigenvalue weighted by atomic mass is 9.86. The Hall–Kier alpha value is -1.40. The summed E-state index contributed by atoms with van der Waals surface area (Å²) in [6.45, 7) is 7.27. The molecule has 0 aliphatic heterocycles. The van der Waals surface area contributed by atoms with E-state index in [1.165, 1.54) is 18.4 Å². The highest BCUT2D eigenvalue weighted by Gasteiger charge is 2.34. The number of amides is 1. The first-order valence-electron chi connectivity index (χ1n) is 10.0. The van der Waals surface area contributed by atoms with Crippen molar-refractivity contribution in [3.63, 3.8) is 0 Å². The van der Waals surface area contributed by atoms with Gasteiger partial charge in [0.25, 0.3) is 0 Å². The maximum Gasteiger partial charge on any atom is 0.227 e. The number of aryl methyl sites for hydroxylation is 1. The summed E-state index contributed by atoms with van der Waals surface area (Å²) in [6.07, 6.45) is 6.22. The Morgan fingerprint density at radius 3 is 2.19 bits per heavy atom. The zero-order chi connectivity index (χ0) is 20.1. The fourth-order valence-corrected chi connectivity index (χ4v) is 4.28. The van der Waals surface area contributed by atoms with Gasteiger partial charge in [-0.05, 0) is 77.0 Å². The number of unbranched alkanes of at least 4 members (excludes halogenated alkanes) is 1. The molecular formula is C21H34N2O3S. The normalized spacial score (nSPS) is 21.0. The van der Waals surface area contributed by atoms with Crippen LogP contribution >= 0.6 is 0 Å². The first-order chi connectivity index (χ1) is 12.6. The zero-order valence-corrected chi connectivity index (χ0v) is 17.9. The maximum atomic E-state index is 12.5. The largest absolute Gasteiger partial charge is 0.326 e. The molecule has 0 saturated heterocycles. The van der Waals surface area contributed by atoms with Crippen molar-refractivity contribution >= 4 is 21.6 Å². The van der Waals surface area contributed by atoms with Crippen LogP contribution in [-0.2, 0) is 21.2 Å². The van der Waals surface area contributed by atoms with Crippen molar-refractivity contribution < 1.29 is 13.2 Å². The molecule has 0 aromatic heterocycles. The lowest BCUT2D eigenvalue weighted by Gasteiger charge is -2.30. The van der Waals surface area contributed by atoms with E-state index in [1.807, 2.05) is 12.1 Å². The molecule has 1 fully saturated rings. The van der Waals surface area contributed by atoms with Crippen LogP contribution in [0.5, 0.6) is 0 Å². The average Bonchev–Trinajstić information content (AvgIpc) is 2.60. The Labute approximate surface area is 164 Å². The summed E-state index contributed by atoms with van der Waals surface area (Å²) in [5.41, 5.74) is 2.12. The standard InChI is InChI=1S/C21H34N2O3S/c1-5-6-7-16-8-12-18(13-9-16)22-20(24)17-10-14-19(15-11-17)23-27(25,26)21(2,3)4/h8-9,12-13,17,19,23H,5-7,10-11,14-15H2,1-4H3,(H,22,24)/t17-,19-. The fraction of sp³-hybridized carbons (Fsp3) is 0.667. The van der Waals surface area contributed by atoms with Crippen LogP contribution in [0.25, 0.3) is 0 Å². The van der Waals surface area contributed by atoms with Gasteiger partial charge < -0.3 is 5.32 Å². The molecular weight excluding hydrogens is 360 g/mol. The van der Waals surface area contributed by atoms with E-state index in [0.717, 1.165) is 12.1 Å². The van der Waals surface area contributed by atoms with Gasteiger partial charge in [-0.15, -0.1) is 0 Å². The van der Waals surface area contributed by atoms with Crippen LogP contribution in [0.1, 0.15) is 71.8 Å². The molecule has 6 heteroatoms. The number of hydrogen-bond acceptors (Lipinski definition) is 3. The predicted molar refractivity (Wildman–Crippen MR) is 111 cm³/mol. The molecule has 1 aliphatic rings. The molecule has 0 bridgehead atoms. The monoisotopic (exact) mass is 394 g/mol. The van der Waals surface area contributed by atoms with Crippen molar-refractivity contribution in [2.75, 3.05) is 5.32 Å². The minimum Gasteiger partial charge on any atom is -0.326 e. The third kappa shape index (κ3) is 6.32. The van der Waals surface area contributed by atoms with Gasteiger partial charge >= 0.3 is 0 Å². The summed E-state index contributed by atoms with van der Waals surface area (Å²) >= 11 is 0. The van der Waals surface area contributed by atoms with Crippen LogP contribution in [0.15, 0.2) is 24.3 Å². The van der Waals surface area contributed by atoms with Crippen LogP contribution < -0.4 is 10.0 Å². The van der Waals surface area contributed by atoms with E-state index in [4.69, 9.17) is 0 Å². The Balaban J connectivity index is 1.83. The molecule has 2 rings (SSSR count). The molecule has 1 aromatic rings. The molecule has 5 nitrogen and oxygen atoms in total. The molecule has 2 N–H and O–H groups in total. The lowest BCUT2D eigenvalue weighted by Crippen LogP contribution is -2.46. The molecule has 0 unspecified atom stereocenters. The van der Waals surface area contributed by atoms with Crippen molar-refractivity contribution in [2.24, 2.45) is 5.92 Å². The number of nitrogens with one attached hydrogen (secondary N) is 2. The molecule has 1 aromatic carbocycles. The van der Waals surface area contributed by atoms with Gasteiger partial charge in [0.2, 0.25) is 15.9 Å². The molecule has 0 atom stereocenters. The van der Waals surface area contributed by atoms with E-state index in [2.05, 4.69) is 29.1 Å². The van der Waals surface area contributed by atoms with E-state index in [0.29, 0.717) is 25.7 Å². The van der Waals surface area contributed by atoms with Crippen molar-refractivity contribution in [3.8, 4) is 0 Å². The van der Waals surface area contributed by atoms with Crippen LogP contribution in [0.4, 0.5) is 5.69 Å². The summed E-state index contributed by atoms with van der Waals surface area (Å²) in [6, 6.07) is 8.00. The predicted octanol–water partition coefficient (Wildman–Crippen LogP) is 4.24. The molecule has 1 saturated carbocycles. The van der Waals surface area contributed by atoms with Gasteiger partial charge in [-0.2, -0.15) is 0 Å². The van der Waals surface area contributed by atoms with Gasteiger partial charge in [-0.3, -0.25) is 4.79 Å². The lowest BCUT2D eigenvalue weighted by molar-refractivity contribution is -0.120. The molecule has 27 heavy (non-hydrogen) atoms. The van der Waals surface area contributed by atoms with E-state index < -0.39 is 14.8 Å². The maximum absolute atomic E-state index is 12.5. The van der Waals surface area contributed by atoms with Crippen molar-refractivity contribution in [1.82, 2.24) is 4.72 Å². The van der Waals surface area contributed by atoms with Gasteiger partial charge in [0, 0.05) is 17.6 Å². The SMILES string of the molecule is CCCCc1ccc(NC(=O)[C@H]2CC[C@H](NS(=O)(=O)C(C)(C)C)CC2)cc1. The molecule has 1 aliphatic carbocycles. The topological polar surface area (TPSA) is 75.3 Å². The van der Waals surface area contributed by atoms with Crippen molar-refractivity contribution in [1.29, 1.82) is 0 Å². The first-order valence-corrected chi connectivity index (χ1v) is 11.5. The van der Waals surface area contributed by atoms with Gasteiger partial charge in [0.15, 0.2) is 0 Å². The Kier molecular flexibility index (Phi) is 7.46. The average molecular weight is 395 g/mol. The number of benzene rings is 1. The Morgan fingerprint density at radius 2 is 1.67 bits per heavy atom. The summed E-state index contributed by atoms with van der Waals surface area (Å²) in [5, 5.41) is 3.00. The molecule has 0 heterocycles. The van der Waals surface area contributed by atoms with E-state index in [9.17, 15) is 13.2 Å². The third-order valence-electron chi connectivity index (χ3n) is 5.27. The minimum absolute atomic E-state index is 0.0356. The summed E-state index contributed by atoms with van der Waals surface area (Å²) in [5.74, 6) is -0.0198. The number of rotatable bonds is 7. The van der Waals surface area contributed by atoms with E-state index in [-0.39, 0.29) is 17.9 Å². The molecule has 1 amide bonds. The van der Waals surface area contributed by atoms with Gasteiger partial charge in [-0.25, -0.2) is 13.1 Å². The van der Waals surface area contributed by atoms with Gasteiger partial charge in [0.05, 0.1) is 4.75 Å². The number of anilines is 1. The van der Waals surface area contributed by atoms with Crippen LogP contribution in [0.2, 0.25) is 0 Å². The van der Waals surface area contributed by atoms with Crippen molar-refractivity contribution in [2.45, 2.75) is 83.4 Å². The zero-order valence-electron chi connectivity index (χ0n) is 17.0. The molecule has 0 radical (unpaired) electrons. The quantitative estimate of drug-likeness (QED) is 0.726. The number of carbonyl (C=O) groups is 1. The van der Waals surface area contributed by atoms with Gasteiger partial charge in [-0.1, -0.05) is 25.5 Å². The van der Waals surface area contributed by atoms with Crippen LogP contribution in [-0.4, -0.2) is 25.1 Å². The number of carbonyl (C=O) groups excluding carboxylic acids is 1. The van der Waals surface area contributed by atoms with E-state index >= 15 is 0 Å².